The van der Waals surface area contributed by atoms with Gasteiger partial charge in [-0.1, -0.05) is 5.56 Å². The van der Waals surface area contributed by atoms with Crippen molar-refractivity contribution in [1.29, 1.82) is 0 Å². The van der Waals surface area contributed by atoms with Gasteiger partial charge in [0.15, 0.2) is 0 Å². The van der Waals surface area contributed by atoms with Gasteiger partial charge in [0.25, 0.3) is 0 Å². The predicted molar refractivity (Wildman–Crippen MR) is 54.0 cm³/mol. The van der Waals surface area contributed by atoms with Crippen LogP contribution in [0, 0.1) is 12.7 Å². The molecule has 0 atom stereocenters. The first kappa shape index (κ1) is 14.1. The summed E-state index contributed by atoms with van der Waals surface area (Å²) in [7, 11) is 1.80. The van der Waals surface area contributed by atoms with Crippen molar-refractivity contribution in [3.63, 3.8) is 0 Å². The molecule has 0 aromatic heterocycles. The Morgan fingerprint density at radius 3 is 2.53 bits per heavy atom. The van der Waals surface area contributed by atoms with Gasteiger partial charge in [-0.3, -0.25) is 0 Å². The maximum Gasteiger partial charge on any atom is 0.394 e. The van der Waals surface area contributed by atoms with Gasteiger partial charge in [-0.25, -0.2) is 0 Å². The number of anilines is 1. The smallest absolute Gasteiger partial charge is 0.394 e. The zero-order valence-corrected chi connectivity index (χ0v) is 11.2. The van der Waals surface area contributed by atoms with Crippen LogP contribution in [0.2, 0.25) is 0 Å². The average Bonchev–Trinajstić information content (AvgIpc) is 2.64. The molecule has 0 N–H and O–H groups in total. The molecule has 1 heterocycles. The first-order chi connectivity index (χ1) is 7.47. The molecule has 17 heavy (non-hydrogen) atoms. The molecule has 0 aliphatic carbocycles. The molecule has 1 aromatic rings. The number of benzene rings is 1. The fourth-order valence-electron chi connectivity index (χ4n) is 1.37. The van der Waals surface area contributed by atoms with Gasteiger partial charge in [0, 0.05) is 20.1 Å². The summed E-state index contributed by atoms with van der Waals surface area (Å²) in [5, 5.41) is 0. The van der Waals surface area contributed by atoms with Gasteiger partial charge < -0.3 is 9.80 Å². The Hall–Kier alpha value is -1.00. The fraction of sp³-hybridized carbons (Fsp3) is 0.182. The summed E-state index contributed by atoms with van der Waals surface area (Å²) in [6, 6.07) is 6.11. The Balaban J connectivity index is 0.00000144. The molecular formula is C11H9F3IrN2-2. The molecular weight excluding hydrogens is 409 g/mol. The van der Waals surface area contributed by atoms with Crippen LogP contribution in [0.3, 0.4) is 0 Å². The van der Waals surface area contributed by atoms with Crippen molar-refractivity contribution >= 4 is 5.69 Å². The van der Waals surface area contributed by atoms with Crippen LogP contribution in [-0.2, 0) is 26.3 Å². The van der Waals surface area contributed by atoms with E-state index >= 15 is 0 Å². The molecule has 0 spiro atoms. The van der Waals surface area contributed by atoms with E-state index in [1.54, 1.807) is 35.9 Å². The summed E-state index contributed by atoms with van der Waals surface area (Å²) in [6.45, 7) is 1.67. The van der Waals surface area contributed by atoms with Crippen molar-refractivity contribution in [3.05, 3.63) is 48.9 Å². The van der Waals surface area contributed by atoms with Gasteiger partial charge in [0.2, 0.25) is 0 Å². The number of halogens is 3. The summed E-state index contributed by atoms with van der Waals surface area (Å²) in [6.07, 6.45) is -0.903. The number of nitrogens with zero attached hydrogens (tertiary/aromatic N) is 2. The van der Waals surface area contributed by atoms with E-state index in [1.165, 1.54) is 6.07 Å². The van der Waals surface area contributed by atoms with Crippen LogP contribution in [0.5, 0.6) is 0 Å². The Kier molecular flexibility index (Phi) is 4.22. The van der Waals surface area contributed by atoms with Crippen LogP contribution < -0.4 is 4.90 Å². The third kappa shape index (κ3) is 3.23. The van der Waals surface area contributed by atoms with E-state index in [1.807, 2.05) is 0 Å². The van der Waals surface area contributed by atoms with Gasteiger partial charge in [-0.2, -0.15) is 38.0 Å². The second-order valence-electron chi connectivity index (χ2n) is 3.45. The zero-order chi connectivity index (χ0) is 11.8. The molecule has 0 amide bonds. The van der Waals surface area contributed by atoms with Gasteiger partial charge in [-0.15, -0.1) is 11.8 Å². The van der Waals surface area contributed by atoms with Crippen molar-refractivity contribution < 1.29 is 33.3 Å². The van der Waals surface area contributed by atoms with Gasteiger partial charge in [0.05, 0.1) is 0 Å². The molecule has 95 valence electrons. The summed E-state index contributed by atoms with van der Waals surface area (Å²) in [5.74, 6) is 0. The Morgan fingerprint density at radius 2 is 2.00 bits per heavy atom. The van der Waals surface area contributed by atoms with Crippen LogP contribution in [-0.4, -0.2) is 11.9 Å². The molecule has 1 aliphatic rings. The van der Waals surface area contributed by atoms with Crippen LogP contribution in [0.1, 0.15) is 5.56 Å². The van der Waals surface area contributed by atoms with Crippen molar-refractivity contribution in [3.8, 4) is 0 Å². The molecule has 1 aromatic carbocycles. The largest absolute Gasteiger partial charge is 0.510 e. The molecule has 0 unspecified atom stereocenters. The van der Waals surface area contributed by atoms with E-state index in [9.17, 15) is 13.2 Å². The number of alkyl halides is 3. The van der Waals surface area contributed by atoms with Gasteiger partial charge in [0.1, 0.15) is 0 Å². The Labute approximate surface area is 111 Å². The molecule has 1 aliphatic heterocycles. The average molecular weight is 418 g/mol. The van der Waals surface area contributed by atoms with Crippen LogP contribution in [0.15, 0.2) is 30.6 Å². The summed E-state index contributed by atoms with van der Waals surface area (Å²) < 4.78 is 37.4. The molecule has 2 rings (SSSR count). The van der Waals surface area contributed by atoms with E-state index in [0.29, 0.717) is 5.69 Å². The number of hydrogen-bond acceptors (Lipinski definition) is 2. The van der Waals surface area contributed by atoms with E-state index in [2.05, 4.69) is 6.07 Å². The predicted octanol–water partition coefficient (Wildman–Crippen LogP) is 2.85. The maximum absolute atomic E-state index is 12.5. The monoisotopic (exact) mass is 419 g/mol. The van der Waals surface area contributed by atoms with E-state index in [0.717, 1.165) is 12.1 Å². The molecule has 2 nitrogen and oxygen atoms in total. The maximum atomic E-state index is 12.5. The second-order valence-corrected chi connectivity index (χ2v) is 3.45. The van der Waals surface area contributed by atoms with Crippen molar-refractivity contribution in [2.75, 3.05) is 11.9 Å². The van der Waals surface area contributed by atoms with Crippen LogP contribution in [0.25, 0.3) is 0 Å². The quantitative estimate of drug-likeness (QED) is 0.648. The summed E-state index contributed by atoms with van der Waals surface area (Å²) >= 11 is 0. The summed E-state index contributed by atoms with van der Waals surface area (Å²) in [4.78, 5) is 3.32. The molecule has 0 saturated carbocycles. The van der Waals surface area contributed by atoms with Gasteiger partial charge >= 0.3 is 6.18 Å². The SMILES string of the molecule is CN1C=CN(c2[c-]ccc(C(F)(F)F)c2)[CH-]1.[Ir]. The fourth-order valence-corrected chi connectivity index (χ4v) is 1.37. The minimum atomic E-state index is -4.32. The van der Waals surface area contributed by atoms with Crippen LogP contribution >= 0.6 is 0 Å². The number of rotatable bonds is 1. The molecule has 0 fully saturated rings. The third-order valence-electron chi connectivity index (χ3n) is 2.16. The first-order valence-corrected chi connectivity index (χ1v) is 4.59. The van der Waals surface area contributed by atoms with Crippen molar-refractivity contribution in [2.24, 2.45) is 0 Å². The molecule has 1 radical (unpaired) electrons. The van der Waals surface area contributed by atoms with Crippen LogP contribution in [0.4, 0.5) is 18.9 Å². The van der Waals surface area contributed by atoms with Crippen molar-refractivity contribution in [1.82, 2.24) is 4.90 Å². The topological polar surface area (TPSA) is 6.48 Å². The van der Waals surface area contributed by atoms with Gasteiger partial charge in [-0.05, 0) is 19.4 Å². The molecule has 0 saturated heterocycles. The van der Waals surface area contributed by atoms with E-state index in [-0.39, 0.29) is 20.1 Å². The normalized spacial score (nSPS) is 15.1. The minimum absolute atomic E-state index is 0. The second kappa shape index (κ2) is 5.10. The van der Waals surface area contributed by atoms with E-state index in [4.69, 9.17) is 0 Å². The Morgan fingerprint density at radius 1 is 1.29 bits per heavy atom. The summed E-state index contributed by atoms with van der Waals surface area (Å²) in [5.41, 5.74) is -0.298. The first-order valence-electron chi connectivity index (χ1n) is 4.59. The standard InChI is InChI=1S/C11H9F3N2.Ir/c1-15-5-6-16(8-15)10-4-2-3-9(7-10)11(12,13)14;/h2-3,5-8H,1H3;/q-2;. The zero-order valence-electron chi connectivity index (χ0n) is 8.83. The minimum Gasteiger partial charge on any atom is -0.510 e. The Bertz CT molecular complexity index is 417. The molecule has 6 heteroatoms. The number of hydrogen-bond donors (Lipinski definition) is 0. The molecule has 0 bridgehead atoms. The van der Waals surface area contributed by atoms with Crippen molar-refractivity contribution in [2.45, 2.75) is 6.18 Å². The third-order valence-corrected chi connectivity index (χ3v) is 2.16. The van der Waals surface area contributed by atoms with E-state index < -0.39 is 11.7 Å².